The molecule has 0 aliphatic carbocycles. The number of fused-ring (bicyclic) bond motifs is 1. The van der Waals surface area contributed by atoms with Gasteiger partial charge in [0.2, 0.25) is 22.7 Å². The van der Waals surface area contributed by atoms with Gasteiger partial charge in [0.25, 0.3) is 10.0 Å². The number of hydrogen-bond acceptors (Lipinski definition) is 10. The lowest BCUT2D eigenvalue weighted by atomic mass is 10.6. The fraction of sp³-hybridized carbons (Fsp3) is 0.312. The van der Waals surface area contributed by atoms with Crippen molar-refractivity contribution in [2.24, 2.45) is 0 Å². The van der Waals surface area contributed by atoms with Crippen LogP contribution in [0.25, 0.3) is 5.65 Å². The summed E-state index contributed by atoms with van der Waals surface area (Å²) in [5, 5.41) is 6.92. The average molecular weight is 454 g/mol. The molecule has 0 unspecified atom stereocenters. The molecule has 0 saturated heterocycles. The van der Waals surface area contributed by atoms with Crippen molar-refractivity contribution in [3.05, 3.63) is 23.9 Å². The maximum atomic E-state index is 12.9. The molecule has 0 aromatic carbocycles. The first-order valence-electron chi connectivity index (χ1n) is 8.57. The predicted octanol–water partition coefficient (Wildman–Crippen LogP) is 1.47. The molecule has 14 heteroatoms. The van der Waals surface area contributed by atoms with Crippen LogP contribution in [0.3, 0.4) is 0 Å². The number of anilines is 1. The summed E-state index contributed by atoms with van der Waals surface area (Å²) < 4.78 is 38.8. The van der Waals surface area contributed by atoms with Crippen LogP contribution in [0, 0.1) is 6.92 Å². The Bertz CT molecular complexity index is 1170. The maximum Gasteiger partial charge on any atom is 0.335 e. The second kappa shape index (κ2) is 8.71. The first-order valence-corrected chi connectivity index (χ1v) is 11.0. The number of carbonyl (C=O) groups is 1. The van der Waals surface area contributed by atoms with Crippen molar-refractivity contribution in [2.75, 3.05) is 25.3 Å². The summed E-state index contributed by atoms with van der Waals surface area (Å²) in [4.78, 5) is 24.4. The van der Waals surface area contributed by atoms with E-state index in [1.165, 1.54) is 43.5 Å². The number of amides is 2. The van der Waals surface area contributed by atoms with Crippen molar-refractivity contribution in [1.82, 2.24) is 29.3 Å². The number of thioether (sulfide) groups is 1. The van der Waals surface area contributed by atoms with Gasteiger partial charge in [-0.3, -0.25) is 5.32 Å². The highest BCUT2D eigenvalue weighted by Gasteiger charge is 2.27. The van der Waals surface area contributed by atoms with Crippen molar-refractivity contribution in [2.45, 2.75) is 23.9 Å². The Labute approximate surface area is 176 Å². The van der Waals surface area contributed by atoms with Gasteiger partial charge < -0.3 is 9.47 Å². The third-order valence-electron chi connectivity index (χ3n) is 3.67. The maximum absolute atomic E-state index is 12.9. The SMILES string of the molecule is CCSc1ccc2nc(C)c(S(=O)(=O)NC(=O)Nc3nc(OC)cc(OC)n3)n2n1. The normalized spacial score (nSPS) is 11.3. The Morgan fingerprint density at radius 1 is 1.17 bits per heavy atom. The molecule has 3 aromatic heterocycles. The molecule has 0 radical (unpaired) electrons. The van der Waals surface area contributed by atoms with Gasteiger partial charge in [0, 0.05) is 0 Å². The van der Waals surface area contributed by atoms with Gasteiger partial charge >= 0.3 is 6.03 Å². The van der Waals surface area contributed by atoms with E-state index in [0.29, 0.717) is 10.7 Å². The van der Waals surface area contributed by atoms with Gasteiger partial charge in [-0.25, -0.2) is 14.5 Å². The molecule has 0 fully saturated rings. The number of rotatable bonds is 7. The second-order valence-electron chi connectivity index (χ2n) is 5.71. The van der Waals surface area contributed by atoms with Crippen molar-refractivity contribution >= 4 is 39.4 Å². The van der Waals surface area contributed by atoms with E-state index in [1.54, 1.807) is 12.1 Å². The molecule has 2 N–H and O–H groups in total. The number of methoxy groups -OCH3 is 2. The smallest absolute Gasteiger partial charge is 0.335 e. The van der Waals surface area contributed by atoms with E-state index in [1.807, 2.05) is 11.6 Å². The Hall–Kier alpha value is -3.13. The minimum atomic E-state index is -4.31. The largest absolute Gasteiger partial charge is 0.481 e. The van der Waals surface area contributed by atoms with Gasteiger partial charge in [-0.2, -0.15) is 28.0 Å². The van der Waals surface area contributed by atoms with Crippen molar-refractivity contribution < 1.29 is 22.7 Å². The quantitative estimate of drug-likeness (QED) is 0.503. The highest BCUT2D eigenvalue weighted by molar-refractivity contribution is 7.99. The second-order valence-corrected chi connectivity index (χ2v) is 8.59. The zero-order chi connectivity index (χ0) is 21.9. The van der Waals surface area contributed by atoms with Gasteiger partial charge in [0.1, 0.15) is 5.03 Å². The summed E-state index contributed by atoms with van der Waals surface area (Å²) >= 11 is 1.45. The molecular formula is C16H19N7O5S2. The molecule has 2 amide bonds. The number of urea groups is 1. The zero-order valence-corrected chi connectivity index (χ0v) is 18.2. The van der Waals surface area contributed by atoms with Crippen LogP contribution < -0.4 is 19.5 Å². The van der Waals surface area contributed by atoms with Crippen LogP contribution in [-0.2, 0) is 10.0 Å². The molecule has 0 atom stereocenters. The number of aromatic nitrogens is 5. The van der Waals surface area contributed by atoms with Gasteiger partial charge in [0.05, 0.1) is 26.0 Å². The molecule has 160 valence electrons. The summed E-state index contributed by atoms with van der Waals surface area (Å²) in [5.41, 5.74) is 0.537. The number of carbonyl (C=O) groups excluding carboxylic acids is 1. The Kier molecular flexibility index (Phi) is 6.26. The molecule has 12 nitrogen and oxygen atoms in total. The summed E-state index contributed by atoms with van der Waals surface area (Å²) in [5.74, 6) is 0.818. The highest BCUT2D eigenvalue weighted by atomic mass is 32.2. The first-order chi connectivity index (χ1) is 14.3. The zero-order valence-electron chi connectivity index (χ0n) is 16.5. The number of imidazole rings is 1. The predicted molar refractivity (Wildman–Crippen MR) is 109 cm³/mol. The van der Waals surface area contributed by atoms with E-state index in [-0.39, 0.29) is 28.4 Å². The van der Waals surface area contributed by atoms with E-state index < -0.39 is 16.1 Å². The van der Waals surface area contributed by atoms with E-state index in [4.69, 9.17) is 9.47 Å². The molecule has 3 aromatic rings. The van der Waals surface area contributed by atoms with E-state index in [2.05, 4.69) is 25.4 Å². The number of sulfonamides is 1. The Morgan fingerprint density at radius 2 is 1.83 bits per heavy atom. The summed E-state index contributed by atoms with van der Waals surface area (Å²) in [6.45, 7) is 3.47. The van der Waals surface area contributed by atoms with Gasteiger partial charge in [-0.15, -0.1) is 11.8 Å². The number of aryl methyl sites for hydroxylation is 1. The summed E-state index contributed by atoms with van der Waals surface area (Å²) in [7, 11) is -1.55. The third kappa shape index (κ3) is 4.54. The molecule has 0 saturated carbocycles. The van der Waals surface area contributed by atoms with Gasteiger partial charge in [-0.05, 0) is 24.8 Å². The third-order valence-corrected chi connectivity index (χ3v) is 5.90. The van der Waals surface area contributed by atoms with Crippen LogP contribution in [0.4, 0.5) is 10.7 Å². The first kappa shape index (κ1) is 21.6. The molecule has 0 aliphatic heterocycles. The topological polar surface area (TPSA) is 150 Å². The Morgan fingerprint density at radius 3 is 2.43 bits per heavy atom. The van der Waals surface area contributed by atoms with Gasteiger partial charge in [-0.1, -0.05) is 6.92 Å². The van der Waals surface area contributed by atoms with Crippen molar-refractivity contribution in [3.63, 3.8) is 0 Å². The van der Waals surface area contributed by atoms with E-state index in [9.17, 15) is 13.2 Å². The minimum absolute atomic E-state index is 0.128. The molecule has 3 heterocycles. The van der Waals surface area contributed by atoms with Crippen LogP contribution in [0.1, 0.15) is 12.6 Å². The number of nitrogens with one attached hydrogen (secondary N) is 2. The molecule has 3 rings (SSSR count). The number of ether oxygens (including phenoxy) is 2. The lowest BCUT2D eigenvalue weighted by Crippen LogP contribution is -2.36. The van der Waals surface area contributed by atoms with Crippen molar-refractivity contribution in [3.8, 4) is 11.8 Å². The number of nitrogens with zero attached hydrogens (tertiary/aromatic N) is 5. The van der Waals surface area contributed by atoms with E-state index in [0.717, 1.165) is 5.75 Å². The number of hydrogen-bond donors (Lipinski definition) is 2. The van der Waals surface area contributed by atoms with Crippen LogP contribution in [-0.4, -0.2) is 59.0 Å². The molecule has 0 aliphatic rings. The highest BCUT2D eigenvalue weighted by Crippen LogP contribution is 2.21. The van der Waals surface area contributed by atoms with Crippen molar-refractivity contribution in [1.29, 1.82) is 0 Å². The summed E-state index contributed by atoms with van der Waals surface area (Å²) in [6, 6.07) is 3.74. The van der Waals surface area contributed by atoms with Crippen LogP contribution in [0.5, 0.6) is 11.8 Å². The van der Waals surface area contributed by atoms with Crippen LogP contribution in [0.2, 0.25) is 0 Å². The van der Waals surface area contributed by atoms with Gasteiger partial charge in [0.15, 0.2) is 5.65 Å². The van der Waals surface area contributed by atoms with Crippen LogP contribution >= 0.6 is 11.8 Å². The molecule has 30 heavy (non-hydrogen) atoms. The lowest BCUT2D eigenvalue weighted by molar-refractivity contribution is 0.256. The molecule has 0 bridgehead atoms. The standard InChI is InChI=1S/C16H19N7O5S2/c1-5-29-13-7-6-10-17-9(2)14(23(10)21-13)30(25,26)22-16(24)20-15-18-11(27-3)8-12(19-15)28-4/h6-8H,5H2,1-4H3,(H2,18,19,20,22,24). The van der Waals surface area contributed by atoms with Crippen LogP contribution in [0.15, 0.2) is 28.3 Å². The van der Waals surface area contributed by atoms with E-state index >= 15 is 0 Å². The Balaban J connectivity index is 1.89. The molecular weight excluding hydrogens is 434 g/mol. The fourth-order valence-corrected chi connectivity index (χ4v) is 4.29. The minimum Gasteiger partial charge on any atom is -0.481 e. The monoisotopic (exact) mass is 453 g/mol. The fourth-order valence-electron chi connectivity index (χ4n) is 2.51. The summed E-state index contributed by atoms with van der Waals surface area (Å²) in [6.07, 6.45) is 0. The lowest BCUT2D eigenvalue weighted by Gasteiger charge is -2.10. The average Bonchev–Trinajstić information content (AvgIpc) is 3.03. The molecule has 0 spiro atoms.